The second-order valence-corrected chi connectivity index (χ2v) is 9.11. The van der Waals surface area contributed by atoms with Crippen LogP contribution in [0, 0.1) is 11.8 Å². The first-order valence-corrected chi connectivity index (χ1v) is 9.93. The molecule has 3 atom stereocenters. The molecule has 1 aromatic heterocycles. The van der Waals surface area contributed by atoms with Gasteiger partial charge in [0.05, 0.1) is 11.5 Å². The Morgan fingerprint density at radius 2 is 1.93 bits per heavy atom. The number of phenols is 1. The highest BCUT2D eigenvalue weighted by Gasteiger charge is 2.59. The summed E-state index contributed by atoms with van der Waals surface area (Å²) in [5.41, 5.74) is 0.814. The molecule has 6 nitrogen and oxygen atoms in total. The summed E-state index contributed by atoms with van der Waals surface area (Å²) in [6.07, 6.45) is 10.2. The van der Waals surface area contributed by atoms with E-state index in [0.717, 1.165) is 37.7 Å². The molecule has 6 heteroatoms. The van der Waals surface area contributed by atoms with Gasteiger partial charge in [0.15, 0.2) is 0 Å². The molecule has 0 saturated heterocycles. The van der Waals surface area contributed by atoms with Crippen LogP contribution in [0.1, 0.15) is 56.9 Å². The van der Waals surface area contributed by atoms with Crippen LogP contribution in [0.15, 0.2) is 36.9 Å². The molecule has 0 spiro atoms. The van der Waals surface area contributed by atoms with Gasteiger partial charge in [0, 0.05) is 5.54 Å². The number of hydrogen-bond donors (Lipinski definition) is 2. The zero-order valence-electron chi connectivity index (χ0n) is 15.6. The maximum Gasteiger partial charge on any atom is 0.227 e. The molecule has 4 fully saturated rings. The van der Waals surface area contributed by atoms with Gasteiger partial charge < -0.3 is 10.4 Å². The molecule has 3 unspecified atom stereocenters. The lowest BCUT2D eigenvalue weighted by molar-refractivity contribution is -0.131. The lowest BCUT2D eigenvalue weighted by Crippen LogP contribution is -2.66. The highest BCUT2D eigenvalue weighted by molar-refractivity contribution is 5.84. The Bertz CT molecular complexity index is 832. The van der Waals surface area contributed by atoms with Gasteiger partial charge in [0.2, 0.25) is 5.91 Å². The van der Waals surface area contributed by atoms with Crippen molar-refractivity contribution in [2.75, 3.05) is 0 Å². The van der Waals surface area contributed by atoms with E-state index in [-0.39, 0.29) is 28.7 Å². The summed E-state index contributed by atoms with van der Waals surface area (Å²) in [6, 6.07) is 6.94. The van der Waals surface area contributed by atoms with Crippen LogP contribution in [-0.4, -0.2) is 31.3 Å². The molecular formula is C21H26N4O2. The third kappa shape index (κ3) is 2.73. The molecule has 4 bridgehead atoms. The van der Waals surface area contributed by atoms with Gasteiger partial charge in [0.25, 0.3) is 0 Å². The molecular weight excluding hydrogens is 340 g/mol. The van der Waals surface area contributed by atoms with Crippen LogP contribution in [0.5, 0.6) is 5.75 Å². The van der Waals surface area contributed by atoms with E-state index in [1.165, 1.54) is 6.42 Å². The summed E-state index contributed by atoms with van der Waals surface area (Å²) in [7, 11) is 0. The van der Waals surface area contributed by atoms with Crippen molar-refractivity contribution in [1.29, 1.82) is 0 Å². The second kappa shape index (κ2) is 5.81. The van der Waals surface area contributed by atoms with Crippen LogP contribution < -0.4 is 5.32 Å². The Morgan fingerprint density at radius 3 is 2.56 bits per heavy atom. The van der Waals surface area contributed by atoms with Gasteiger partial charge in [-0.05, 0) is 75.0 Å². The topological polar surface area (TPSA) is 80.0 Å². The minimum atomic E-state index is -0.235. The van der Waals surface area contributed by atoms with Crippen LogP contribution in [0.3, 0.4) is 0 Å². The maximum absolute atomic E-state index is 13.1. The fraction of sp³-hybridized carbons (Fsp3) is 0.571. The highest BCUT2D eigenvalue weighted by Crippen LogP contribution is 2.60. The number of hydrogen-bond acceptors (Lipinski definition) is 4. The molecule has 4 aliphatic carbocycles. The van der Waals surface area contributed by atoms with Crippen LogP contribution >= 0.6 is 0 Å². The molecule has 4 saturated carbocycles. The van der Waals surface area contributed by atoms with Crippen molar-refractivity contribution in [3.8, 4) is 5.75 Å². The molecule has 0 aliphatic heterocycles. The normalized spacial score (nSPS) is 35.1. The molecule has 1 amide bonds. The predicted octanol–water partition coefficient (Wildman–Crippen LogP) is 2.95. The maximum atomic E-state index is 13.1. The summed E-state index contributed by atoms with van der Waals surface area (Å²) in [6.45, 7) is 1.94. The number of nitrogens with one attached hydrogen (secondary N) is 1. The Labute approximate surface area is 159 Å². The van der Waals surface area contributed by atoms with Crippen LogP contribution in [0.25, 0.3) is 0 Å². The van der Waals surface area contributed by atoms with Crippen molar-refractivity contribution >= 4 is 5.91 Å². The number of rotatable bonds is 4. The molecule has 4 aliphatic rings. The summed E-state index contributed by atoms with van der Waals surface area (Å²) >= 11 is 0. The Kier molecular flexibility index (Phi) is 3.61. The first-order valence-electron chi connectivity index (χ1n) is 9.93. The Hall–Kier alpha value is -2.37. The minimum absolute atomic E-state index is 0.00956. The number of amides is 1. The average molecular weight is 366 g/mol. The van der Waals surface area contributed by atoms with Gasteiger partial charge in [-0.2, -0.15) is 5.10 Å². The van der Waals surface area contributed by atoms with Gasteiger partial charge >= 0.3 is 0 Å². The Morgan fingerprint density at radius 1 is 1.22 bits per heavy atom. The molecule has 6 rings (SSSR count). The van der Waals surface area contributed by atoms with E-state index in [9.17, 15) is 9.90 Å². The number of carbonyl (C=O) groups is 1. The zero-order valence-corrected chi connectivity index (χ0v) is 15.6. The van der Waals surface area contributed by atoms with E-state index >= 15 is 0 Å². The number of carbonyl (C=O) groups excluding carboxylic acids is 1. The largest absolute Gasteiger partial charge is 0.508 e. The SMILES string of the molecule is CC(C(=O)NC12CC3CC(C1)CC(n1cncn1)(C3)C2)c1ccc(O)cc1. The number of phenolic OH excluding ortho intramolecular Hbond substituents is 1. The molecule has 1 aromatic carbocycles. The van der Waals surface area contributed by atoms with Crippen LogP contribution in [-0.2, 0) is 10.3 Å². The molecule has 27 heavy (non-hydrogen) atoms. The molecule has 2 N–H and O–H groups in total. The fourth-order valence-electron chi connectivity index (χ4n) is 6.37. The van der Waals surface area contributed by atoms with Gasteiger partial charge in [-0.1, -0.05) is 12.1 Å². The van der Waals surface area contributed by atoms with Crippen LogP contribution in [0.2, 0.25) is 0 Å². The van der Waals surface area contributed by atoms with Gasteiger partial charge in [0.1, 0.15) is 18.4 Å². The smallest absolute Gasteiger partial charge is 0.227 e. The standard InChI is InChI=1S/C21H26N4O2/c1-14(17-2-4-18(26)5-3-17)19(27)24-20-7-15-6-16(8-20)10-21(9-15,11-20)25-13-22-12-23-25/h2-5,12-16,26H,6-11H2,1H3,(H,24,27). The van der Waals surface area contributed by atoms with E-state index in [0.29, 0.717) is 11.8 Å². The molecule has 1 heterocycles. The second-order valence-electron chi connectivity index (χ2n) is 9.11. The van der Waals surface area contributed by atoms with Gasteiger partial charge in [-0.25, -0.2) is 9.67 Å². The number of aromatic hydroxyl groups is 1. The van der Waals surface area contributed by atoms with Crippen molar-refractivity contribution in [1.82, 2.24) is 20.1 Å². The summed E-state index contributed by atoms with van der Waals surface area (Å²) < 4.78 is 2.06. The van der Waals surface area contributed by atoms with E-state index in [1.807, 2.05) is 25.4 Å². The first kappa shape index (κ1) is 16.8. The number of benzene rings is 1. The van der Waals surface area contributed by atoms with Gasteiger partial charge in [-0.15, -0.1) is 0 Å². The summed E-state index contributed by atoms with van der Waals surface area (Å²) in [4.78, 5) is 17.3. The Balaban J connectivity index is 1.40. The first-order chi connectivity index (χ1) is 13.0. The lowest BCUT2D eigenvalue weighted by Gasteiger charge is -2.62. The average Bonchev–Trinajstić information content (AvgIpc) is 3.16. The third-order valence-electron chi connectivity index (χ3n) is 7.11. The number of aromatic nitrogens is 3. The van der Waals surface area contributed by atoms with E-state index in [1.54, 1.807) is 18.5 Å². The zero-order chi connectivity index (χ0) is 18.6. The van der Waals surface area contributed by atoms with Crippen molar-refractivity contribution in [3.63, 3.8) is 0 Å². The van der Waals surface area contributed by atoms with Crippen molar-refractivity contribution in [2.45, 2.75) is 62.4 Å². The van der Waals surface area contributed by atoms with Crippen molar-refractivity contribution in [3.05, 3.63) is 42.5 Å². The monoisotopic (exact) mass is 366 g/mol. The predicted molar refractivity (Wildman–Crippen MR) is 100 cm³/mol. The van der Waals surface area contributed by atoms with E-state index in [4.69, 9.17) is 0 Å². The van der Waals surface area contributed by atoms with E-state index in [2.05, 4.69) is 20.1 Å². The number of nitrogens with zero attached hydrogens (tertiary/aromatic N) is 3. The fourth-order valence-corrected chi connectivity index (χ4v) is 6.37. The highest BCUT2D eigenvalue weighted by atomic mass is 16.3. The minimum Gasteiger partial charge on any atom is -0.508 e. The van der Waals surface area contributed by atoms with Crippen molar-refractivity contribution in [2.24, 2.45) is 11.8 Å². The van der Waals surface area contributed by atoms with Crippen LogP contribution in [0.4, 0.5) is 0 Å². The quantitative estimate of drug-likeness (QED) is 0.872. The van der Waals surface area contributed by atoms with Gasteiger partial charge in [-0.3, -0.25) is 4.79 Å². The molecule has 0 radical (unpaired) electrons. The van der Waals surface area contributed by atoms with E-state index < -0.39 is 0 Å². The third-order valence-corrected chi connectivity index (χ3v) is 7.11. The summed E-state index contributed by atoms with van der Waals surface area (Å²) in [5.74, 6) is 1.37. The van der Waals surface area contributed by atoms with Crippen molar-refractivity contribution < 1.29 is 9.90 Å². The molecule has 2 aromatic rings. The summed E-state index contributed by atoms with van der Waals surface area (Å²) in [5, 5.41) is 17.4. The lowest BCUT2D eigenvalue weighted by atomic mass is 9.50. The molecule has 142 valence electrons.